The van der Waals surface area contributed by atoms with Crippen molar-refractivity contribution in [3.63, 3.8) is 0 Å². The van der Waals surface area contributed by atoms with Gasteiger partial charge in [0, 0.05) is 24.7 Å². The van der Waals surface area contributed by atoms with Crippen LogP contribution in [0.3, 0.4) is 0 Å². The Morgan fingerprint density at radius 3 is 2.41 bits per heavy atom. The van der Waals surface area contributed by atoms with E-state index in [0.29, 0.717) is 0 Å². The molecule has 1 N–H and O–H groups in total. The van der Waals surface area contributed by atoms with Gasteiger partial charge in [-0.1, -0.05) is 49.6 Å². The Balaban J connectivity index is 1.91. The first-order chi connectivity index (χ1) is 17.5. The molecule has 1 saturated carbocycles. The highest BCUT2D eigenvalue weighted by molar-refractivity contribution is 7.92. The Bertz CT molecular complexity index is 1240. The first kappa shape index (κ1) is 28.1. The molecule has 0 spiro atoms. The second-order valence-electron chi connectivity index (χ2n) is 9.51. The van der Waals surface area contributed by atoms with Crippen molar-refractivity contribution in [3.8, 4) is 0 Å². The molecule has 0 aliphatic heterocycles. The van der Waals surface area contributed by atoms with E-state index in [1.807, 2.05) is 31.2 Å². The molecule has 0 bridgehead atoms. The van der Waals surface area contributed by atoms with E-state index in [2.05, 4.69) is 5.32 Å². The van der Waals surface area contributed by atoms with E-state index >= 15 is 0 Å². The summed E-state index contributed by atoms with van der Waals surface area (Å²) in [7, 11) is -3.98. The molecule has 0 unspecified atom stereocenters. The van der Waals surface area contributed by atoms with Gasteiger partial charge in [0.25, 0.3) is 5.69 Å². The fraction of sp³-hybridized carbons (Fsp3) is 0.462. The molecule has 0 aromatic heterocycles. The van der Waals surface area contributed by atoms with Gasteiger partial charge in [-0.25, -0.2) is 8.42 Å². The lowest BCUT2D eigenvalue weighted by atomic mass is 9.95. The van der Waals surface area contributed by atoms with Gasteiger partial charge in [0.1, 0.15) is 12.6 Å². The predicted octanol–water partition coefficient (Wildman–Crippen LogP) is 3.54. The molecular weight excluding hydrogens is 496 g/mol. The highest BCUT2D eigenvalue weighted by Gasteiger charge is 2.31. The normalized spacial score (nSPS) is 15.0. The summed E-state index contributed by atoms with van der Waals surface area (Å²) in [6.45, 7) is 3.04. The van der Waals surface area contributed by atoms with Crippen LogP contribution in [0.5, 0.6) is 0 Å². The molecule has 1 atom stereocenters. The number of benzene rings is 2. The number of hydrogen-bond donors (Lipinski definition) is 1. The van der Waals surface area contributed by atoms with Crippen LogP contribution in [0.4, 0.5) is 11.4 Å². The minimum absolute atomic E-state index is 0.000187. The van der Waals surface area contributed by atoms with Crippen LogP contribution in [-0.2, 0) is 26.2 Å². The number of carbonyl (C=O) groups is 2. The third-order valence-corrected chi connectivity index (χ3v) is 7.87. The number of anilines is 1. The highest BCUT2D eigenvalue weighted by Crippen LogP contribution is 2.24. The maximum Gasteiger partial charge on any atom is 0.271 e. The van der Waals surface area contributed by atoms with Crippen LogP contribution in [0.15, 0.2) is 48.5 Å². The van der Waals surface area contributed by atoms with Crippen molar-refractivity contribution in [1.82, 2.24) is 10.2 Å². The third kappa shape index (κ3) is 7.51. The molecule has 11 heteroatoms. The van der Waals surface area contributed by atoms with Crippen molar-refractivity contribution in [2.24, 2.45) is 0 Å². The monoisotopic (exact) mass is 530 g/mol. The second-order valence-corrected chi connectivity index (χ2v) is 11.4. The van der Waals surface area contributed by atoms with Crippen molar-refractivity contribution in [3.05, 3.63) is 69.8 Å². The molecule has 3 rings (SSSR count). The first-order valence-electron chi connectivity index (χ1n) is 12.3. The highest BCUT2D eigenvalue weighted by atomic mass is 32.2. The standard InChI is InChI=1S/C26H34N4O6S/c1-19-10-7-8-11-21(19)17-28(20(2)26(32)27-22-12-5-4-6-13-22)25(31)18-29(37(3,35)36)23-14-9-15-24(16-23)30(33)34/h7-11,14-16,20,22H,4-6,12-13,17-18H2,1-3H3,(H,27,32)/t20-/m1/s1. The summed E-state index contributed by atoms with van der Waals surface area (Å²) in [6, 6.07) is 11.8. The van der Waals surface area contributed by atoms with Gasteiger partial charge in [-0.15, -0.1) is 0 Å². The van der Waals surface area contributed by atoms with Crippen molar-refractivity contribution >= 4 is 33.2 Å². The van der Waals surface area contributed by atoms with E-state index in [0.717, 1.165) is 59.9 Å². The van der Waals surface area contributed by atoms with E-state index in [4.69, 9.17) is 0 Å². The quantitative estimate of drug-likeness (QED) is 0.369. The Kier molecular flexibility index (Phi) is 9.25. The molecule has 1 aliphatic carbocycles. The predicted molar refractivity (Wildman–Crippen MR) is 141 cm³/mol. The van der Waals surface area contributed by atoms with Gasteiger partial charge >= 0.3 is 0 Å². The smallest absolute Gasteiger partial charge is 0.271 e. The number of sulfonamides is 1. The Hall–Kier alpha value is -3.47. The maximum absolute atomic E-state index is 13.7. The summed E-state index contributed by atoms with van der Waals surface area (Å²) < 4.78 is 26.1. The third-order valence-electron chi connectivity index (χ3n) is 6.73. The Morgan fingerprint density at radius 2 is 1.78 bits per heavy atom. The summed E-state index contributed by atoms with van der Waals surface area (Å²) in [5.41, 5.74) is 1.46. The average Bonchev–Trinajstić information content (AvgIpc) is 2.86. The van der Waals surface area contributed by atoms with Crippen molar-refractivity contribution < 1.29 is 22.9 Å². The van der Waals surface area contributed by atoms with Crippen LogP contribution in [0.2, 0.25) is 0 Å². The molecule has 0 heterocycles. The molecule has 0 radical (unpaired) electrons. The number of nitrogens with one attached hydrogen (secondary N) is 1. The van der Waals surface area contributed by atoms with Crippen molar-refractivity contribution in [2.45, 2.75) is 64.6 Å². The van der Waals surface area contributed by atoms with E-state index < -0.39 is 33.4 Å². The van der Waals surface area contributed by atoms with Gasteiger partial charge in [-0.2, -0.15) is 0 Å². The number of carbonyl (C=O) groups excluding carboxylic acids is 2. The van der Waals surface area contributed by atoms with Gasteiger partial charge in [0.2, 0.25) is 21.8 Å². The average molecular weight is 531 g/mol. The lowest BCUT2D eigenvalue weighted by Gasteiger charge is -2.33. The lowest BCUT2D eigenvalue weighted by Crippen LogP contribution is -2.53. The maximum atomic E-state index is 13.7. The number of nitro benzene ring substituents is 1. The first-order valence-corrected chi connectivity index (χ1v) is 14.2. The molecule has 2 amide bonds. The fourth-order valence-electron chi connectivity index (χ4n) is 4.50. The number of nitrogens with zero attached hydrogens (tertiary/aromatic N) is 3. The zero-order valence-electron chi connectivity index (χ0n) is 21.4. The summed E-state index contributed by atoms with van der Waals surface area (Å²) >= 11 is 0. The lowest BCUT2D eigenvalue weighted by molar-refractivity contribution is -0.384. The van der Waals surface area contributed by atoms with Crippen LogP contribution in [0.1, 0.15) is 50.2 Å². The number of non-ortho nitro benzene ring substituents is 1. The van der Waals surface area contributed by atoms with Gasteiger partial charge in [-0.3, -0.25) is 24.0 Å². The number of nitro groups is 1. The van der Waals surface area contributed by atoms with Crippen LogP contribution in [-0.4, -0.2) is 54.9 Å². The van der Waals surface area contributed by atoms with E-state index in [1.165, 1.54) is 23.1 Å². The molecule has 1 fully saturated rings. The molecular formula is C26H34N4O6S. The molecule has 2 aromatic carbocycles. The zero-order valence-corrected chi connectivity index (χ0v) is 22.2. The van der Waals surface area contributed by atoms with Crippen molar-refractivity contribution in [2.75, 3.05) is 17.1 Å². The van der Waals surface area contributed by atoms with Crippen LogP contribution in [0.25, 0.3) is 0 Å². The van der Waals surface area contributed by atoms with Crippen molar-refractivity contribution in [1.29, 1.82) is 0 Å². The fourth-order valence-corrected chi connectivity index (χ4v) is 5.34. The van der Waals surface area contributed by atoms with Crippen LogP contribution in [0, 0.1) is 17.0 Å². The summed E-state index contributed by atoms with van der Waals surface area (Å²) in [5, 5.41) is 14.3. The number of aryl methyl sites for hydroxylation is 1. The molecule has 10 nitrogen and oxygen atoms in total. The molecule has 37 heavy (non-hydrogen) atoms. The number of hydrogen-bond acceptors (Lipinski definition) is 6. The van der Waals surface area contributed by atoms with Gasteiger partial charge in [0.05, 0.1) is 16.9 Å². The zero-order chi connectivity index (χ0) is 27.2. The Labute approximate surface area is 217 Å². The summed E-state index contributed by atoms with van der Waals surface area (Å²) in [5.74, 6) is -0.887. The molecule has 200 valence electrons. The summed E-state index contributed by atoms with van der Waals surface area (Å²) in [4.78, 5) is 38.8. The summed E-state index contributed by atoms with van der Waals surface area (Å²) in [6.07, 6.45) is 5.93. The molecule has 1 aliphatic rings. The minimum atomic E-state index is -3.98. The van der Waals surface area contributed by atoms with Gasteiger partial charge in [0.15, 0.2) is 0 Å². The molecule has 2 aromatic rings. The Morgan fingerprint density at radius 1 is 1.11 bits per heavy atom. The largest absolute Gasteiger partial charge is 0.352 e. The molecule has 0 saturated heterocycles. The van der Waals surface area contributed by atoms with Gasteiger partial charge < -0.3 is 10.2 Å². The van der Waals surface area contributed by atoms with Gasteiger partial charge in [-0.05, 0) is 43.9 Å². The number of rotatable bonds is 10. The SMILES string of the molecule is Cc1ccccc1CN(C(=O)CN(c1cccc([N+](=O)[O-])c1)S(C)(=O)=O)[C@H](C)C(=O)NC1CCCCC1. The topological polar surface area (TPSA) is 130 Å². The van der Waals surface area contributed by atoms with E-state index in [1.54, 1.807) is 6.92 Å². The van der Waals surface area contributed by atoms with Crippen LogP contribution < -0.4 is 9.62 Å². The minimum Gasteiger partial charge on any atom is -0.352 e. The van der Waals surface area contributed by atoms with E-state index in [-0.39, 0.29) is 29.9 Å². The van der Waals surface area contributed by atoms with E-state index in [9.17, 15) is 28.1 Å². The number of amides is 2. The second kappa shape index (κ2) is 12.2. The van der Waals surface area contributed by atoms with Crippen LogP contribution >= 0.6 is 0 Å².